The topological polar surface area (TPSA) is 176 Å². The number of ether oxygens (including phenoxy) is 3. The van der Waals surface area contributed by atoms with Gasteiger partial charge in [-0.25, -0.2) is 4.79 Å². The molecule has 3 aliphatic rings. The van der Waals surface area contributed by atoms with Crippen LogP contribution < -0.4 is 38.4 Å². The van der Waals surface area contributed by atoms with E-state index >= 15 is 0 Å². The number of hydrogen-bond acceptors (Lipinski definition) is 7. The molecular weight excluding hydrogens is 527 g/mol. The van der Waals surface area contributed by atoms with Crippen LogP contribution in [-0.4, -0.2) is 39.3 Å². The number of alkyl halides is 2. The van der Waals surface area contributed by atoms with Gasteiger partial charge in [0.2, 0.25) is 5.91 Å². The summed E-state index contributed by atoms with van der Waals surface area (Å²) >= 11 is 0. The maximum atomic E-state index is 13.6. The zero-order valence-corrected chi connectivity index (χ0v) is 21.2. The number of hydrogen-bond donors (Lipinski definition) is 3. The smallest absolute Gasteiger partial charge is 0.870 e. The first-order chi connectivity index (χ1) is 17.6. The summed E-state index contributed by atoms with van der Waals surface area (Å²) in [5.41, 5.74) is 1.04. The predicted octanol–water partition coefficient (Wildman–Crippen LogP) is 0.827. The van der Waals surface area contributed by atoms with Crippen molar-refractivity contribution >= 4 is 11.9 Å². The predicted molar refractivity (Wildman–Crippen MR) is 129 cm³/mol. The third kappa shape index (κ3) is 5.44. The molecule has 3 aromatic carbocycles. The van der Waals surface area contributed by atoms with Crippen LogP contribution in [0.3, 0.4) is 0 Å². The molecule has 1 fully saturated rings. The summed E-state index contributed by atoms with van der Waals surface area (Å²) in [7, 11) is 0. The van der Waals surface area contributed by atoms with Crippen molar-refractivity contribution in [2.75, 3.05) is 0 Å². The summed E-state index contributed by atoms with van der Waals surface area (Å²) in [5.74, 6) is -1.20. The van der Waals surface area contributed by atoms with Crippen LogP contribution in [0.4, 0.5) is 8.78 Å². The molecule has 0 bridgehead atoms. The number of benzene rings is 3. The van der Waals surface area contributed by atoms with Gasteiger partial charge in [-0.1, -0.05) is 18.2 Å². The molecule has 0 spiro atoms. The molecular formula is C27H24F2LiNO9. The first-order valence-electron chi connectivity index (χ1n) is 11.7. The zero-order chi connectivity index (χ0) is 25.9. The Balaban J connectivity index is 0.00000147. The Bertz CT molecular complexity index is 1450. The van der Waals surface area contributed by atoms with E-state index in [0.29, 0.717) is 41.7 Å². The molecule has 0 unspecified atom stereocenters. The number of phenols is 1. The van der Waals surface area contributed by atoms with Gasteiger partial charge in [-0.15, -0.1) is 8.78 Å². The van der Waals surface area contributed by atoms with E-state index in [-0.39, 0.29) is 58.5 Å². The number of nitrogens with one attached hydrogen (secondary N) is 1. The molecule has 2 heterocycles. The Morgan fingerprint density at radius 3 is 2.38 bits per heavy atom. The van der Waals surface area contributed by atoms with Gasteiger partial charge in [-0.05, 0) is 60.4 Å². The largest absolute Gasteiger partial charge is 1.00 e. The van der Waals surface area contributed by atoms with E-state index in [1.807, 2.05) is 0 Å². The summed E-state index contributed by atoms with van der Waals surface area (Å²) in [6.07, 6.45) is -2.95. The van der Waals surface area contributed by atoms with Crippen molar-refractivity contribution in [2.24, 2.45) is 0 Å². The van der Waals surface area contributed by atoms with Gasteiger partial charge < -0.3 is 40.7 Å². The average molecular weight is 551 g/mol. The number of phenolic OH excluding ortho intramolecular Hbond substituents is 1. The SMILES string of the molecule is O.O=C(O)c1cccc([C@H]2C[C@@H](NC(=O)C3(c4ccc5c(c4)OC(F)(F)O5)CC3)c3ccc(O)cc3O2)c1.[Li+].[OH-]. The second kappa shape index (κ2) is 11.0. The van der Waals surface area contributed by atoms with Crippen LogP contribution >= 0.6 is 0 Å². The fourth-order valence-corrected chi connectivity index (χ4v) is 4.98. The Hall–Kier alpha value is -3.82. The molecule has 1 saturated carbocycles. The number of halogens is 2. The van der Waals surface area contributed by atoms with Gasteiger partial charge in [0.15, 0.2) is 11.5 Å². The first kappa shape index (κ1) is 30.7. The second-order valence-electron chi connectivity index (χ2n) is 9.43. The number of fused-ring (bicyclic) bond motifs is 2. The van der Waals surface area contributed by atoms with Crippen molar-refractivity contribution in [1.82, 2.24) is 5.32 Å². The van der Waals surface area contributed by atoms with Crippen LogP contribution in [0.5, 0.6) is 23.0 Å². The molecule has 6 N–H and O–H groups in total. The van der Waals surface area contributed by atoms with Gasteiger partial charge in [0.25, 0.3) is 0 Å². The Morgan fingerprint density at radius 1 is 0.950 bits per heavy atom. The van der Waals surface area contributed by atoms with E-state index in [2.05, 4.69) is 14.8 Å². The van der Waals surface area contributed by atoms with Gasteiger partial charge in [-0.3, -0.25) is 4.79 Å². The molecule has 10 nitrogen and oxygen atoms in total. The molecule has 1 amide bonds. The monoisotopic (exact) mass is 551 g/mol. The van der Waals surface area contributed by atoms with Gasteiger partial charge in [-0.2, -0.15) is 0 Å². The van der Waals surface area contributed by atoms with Crippen molar-refractivity contribution in [3.8, 4) is 23.0 Å². The molecule has 3 aromatic rings. The van der Waals surface area contributed by atoms with Gasteiger partial charge in [0.05, 0.1) is 17.0 Å². The number of carbonyl (C=O) groups excluding carboxylic acids is 1. The maximum absolute atomic E-state index is 13.6. The standard InChI is InChI=1S/C27H21F2NO7.Li.2H2O/c28-27(29)36-20-7-4-16(11-23(20)37-27)26(8-9-26)25(34)30-19-13-21(14-2-1-3-15(10-14)24(32)33)35-22-12-17(31)5-6-18(19)22;;;/h1-7,10-12,19,21,31H,8-9,13H2,(H,30,34)(H,32,33);;2*1H2/q;+1;;/p-1/t19-,21-;;;/m1.../s1. The number of aromatic carboxylic acids is 1. The van der Waals surface area contributed by atoms with Crippen LogP contribution in [0.15, 0.2) is 60.7 Å². The number of carboxylic acids is 1. The van der Waals surface area contributed by atoms with Crippen molar-refractivity contribution in [3.05, 3.63) is 82.9 Å². The molecule has 1 aliphatic carbocycles. The van der Waals surface area contributed by atoms with E-state index in [1.165, 1.54) is 36.4 Å². The summed E-state index contributed by atoms with van der Waals surface area (Å²) in [5, 5.41) is 22.5. The Morgan fingerprint density at radius 2 is 1.68 bits per heavy atom. The molecule has 40 heavy (non-hydrogen) atoms. The van der Waals surface area contributed by atoms with Gasteiger partial charge in [0.1, 0.15) is 17.6 Å². The van der Waals surface area contributed by atoms with Crippen LogP contribution in [0.25, 0.3) is 0 Å². The Kier molecular flexibility index (Phi) is 8.43. The van der Waals surface area contributed by atoms with Crippen molar-refractivity contribution < 1.29 is 72.6 Å². The third-order valence-electron chi connectivity index (χ3n) is 7.04. The number of carbonyl (C=O) groups is 2. The van der Waals surface area contributed by atoms with Crippen LogP contribution in [0.2, 0.25) is 0 Å². The average Bonchev–Trinajstić information content (AvgIpc) is 3.60. The summed E-state index contributed by atoms with van der Waals surface area (Å²) in [6, 6.07) is 14.8. The van der Waals surface area contributed by atoms with Crippen LogP contribution in [0, 0.1) is 0 Å². The van der Waals surface area contributed by atoms with E-state index in [4.69, 9.17) is 4.74 Å². The van der Waals surface area contributed by atoms with Crippen molar-refractivity contribution in [2.45, 2.75) is 43.1 Å². The summed E-state index contributed by atoms with van der Waals surface area (Å²) in [4.78, 5) is 25.0. The summed E-state index contributed by atoms with van der Waals surface area (Å²) in [6.45, 7) is 0. The van der Waals surface area contributed by atoms with Crippen molar-refractivity contribution in [1.29, 1.82) is 0 Å². The molecule has 0 radical (unpaired) electrons. The van der Waals surface area contributed by atoms with Crippen molar-refractivity contribution in [3.63, 3.8) is 0 Å². The first-order valence-corrected chi connectivity index (χ1v) is 11.7. The number of amides is 1. The van der Waals surface area contributed by atoms with E-state index in [1.54, 1.807) is 24.3 Å². The molecule has 6 rings (SSSR count). The zero-order valence-electron chi connectivity index (χ0n) is 21.2. The molecule has 2 aliphatic heterocycles. The fourth-order valence-electron chi connectivity index (χ4n) is 4.98. The number of rotatable bonds is 5. The number of aromatic hydroxyl groups is 1. The molecule has 0 aromatic heterocycles. The van der Waals surface area contributed by atoms with E-state index in [0.717, 1.165) is 0 Å². The fraction of sp³-hybridized carbons (Fsp3) is 0.259. The van der Waals surface area contributed by atoms with Gasteiger partial charge in [0, 0.05) is 18.1 Å². The minimum Gasteiger partial charge on any atom is -0.870 e. The quantitative estimate of drug-likeness (QED) is 0.391. The van der Waals surface area contributed by atoms with E-state index in [9.17, 15) is 28.6 Å². The molecule has 2 atom stereocenters. The van der Waals surface area contributed by atoms with E-state index < -0.39 is 29.8 Å². The molecule has 13 heteroatoms. The normalized spacial score (nSPS) is 20.2. The van der Waals surface area contributed by atoms with Crippen LogP contribution in [0.1, 0.15) is 58.5 Å². The van der Waals surface area contributed by atoms with Crippen LogP contribution in [-0.2, 0) is 10.2 Å². The van der Waals surface area contributed by atoms with Gasteiger partial charge >= 0.3 is 31.1 Å². The third-order valence-corrected chi connectivity index (χ3v) is 7.04. The maximum Gasteiger partial charge on any atom is 1.00 e. The number of carboxylic acid groups (broad SMARTS) is 1. The molecule has 0 saturated heterocycles. The summed E-state index contributed by atoms with van der Waals surface area (Å²) < 4.78 is 42.1. The second-order valence-corrected chi connectivity index (χ2v) is 9.43. The minimum absolute atomic E-state index is 0. The minimum atomic E-state index is -3.75. The Labute approximate surface area is 238 Å². The molecule has 206 valence electrons.